The van der Waals surface area contributed by atoms with Gasteiger partial charge in [-0.25, -0.2) is 0 Å². The van der Waals surface area contributed by atoms with Crippen LogP contribution >= 0.6 is 0 Å². The molecule has 2 aliphatic heterocycles. The van der Waals surface area contributed by atoms with Gasteiger partial charge in [-0.3, -0.25) is 0 Å². The fourth-order valence-corrected chi connectivity index (χ4v) is 3.61. The van der Waals surface area contributed by atoms with Crippen LogP contribution in [0.4, 0.5) is 0 Å². The first-order valence-electron chi connectivity index (χ1n) is 9.39. The van der Waals surface area contributed by atoms with Gasteiger partial charge in [-0.2, -0.15) is 0 Å². The van der Waals surface area contributed by atoms with E-state index in [1.807, 2.05) is 9.80 Å². The predicted molar refractivity (Wildman–Crippen MR) is 82.4 cm³/mol. The lowest BCUT2D eigenvalue weighted by Crippen LogP contribution is -3.18. The summed E-state index contributed by atoms with van der Waals surface area (Å²) in [5.74, 6) is 0. The third kappa shape index (κ3) is 8.09. The molecule has 0 amide bonds. The van der Waals surface area contributed by atoms with Crippen LogP contribution in [-0.4, -0.2) is 91.6 Å². The van der Waals surface area contributed by atoms with Crippen LogP contribution in [0.15, 0.2) is 0 Å². The summed E-state index contributed by atoms with van der Waals surface area (Å²) in [7, 11) is 0. The predicted octanol–water partition coefficient (Wildman–Crippen LogP) is -8.57. The minimum atomic E-state index is 1.30. The topological polar surface area (TPSA) is 75.3 Å². The zero-order valence-corrected chi connectivity index (χ0v) is 13.9. The third-order valence-corrected chi connectivity index (χ3v) is 5.02. The van der Waals surface area contributed by atoms with Crippen molar-refractivity contribution in [3.8, 4) is 0 Å². The van der Waals surface area contributed by atoms with Gasteiger partial charge in [0, 0.05) is 6.42 Å². The lowest BCUT2D eigenvalue weighted by molar-refractivity contribution is -0.936. The maximum atomic E-state index is 2.50. The SMILES string of the molecule is C(C[NH+]1CC[NH2+]CC[NH2+]CC1)C[NH+]1CC[NH2+]CC[NH2+]CC1. The molecule has 0 radical (unpaired) electrons. The Morgan fingerprint density at radius 2 is 0.810 bits per heavy atom. The second kappa shape index (κ2) is 11.3. The molecule has 0 aromatic heterocycles. The van der Waals surface area contributed by atoms with Crippen LogP contribution in [0, 0.1) is 0 Å². The molecule has 124 valence electrons. The van der Waals surface area contributed by atoms with Crippen molar-refractivity contribution in [1.82, 2.24) is 0 Å². The van der Waals surface area contributed by atoms with E-state index >= 15 is 0 Å². The molecule has 2 saturated heterocycles. The van der Waals surface area contributed by atoms with Crippen molar-refractivity contribution in [3.63, 3.8) is 0 Å². The highest BCUT2D eigenvalue weighted by molar-refractivity contribution is 4.38. The molecule has 2 rings (SSSR count). The summed E-state index contributed by atoms with van der Waals surface area (Å²) in [5.41, 5.74) is 0. The molecular weight excluding hydrogens is 264 g/mol. The van der Waals surface area contributed by atoms with Crippen LogP contribution in [-0.2, 0) is 0 Å². The van der Waals surface area contributed by atoms with Crippen molar-refractivity contribution in [3.05, 3.63) is 0 Å². The van der Waals surface area contributed by atoms with Gasteiger partial charge in [0.2, 0.25) is 0 Å². The number of nitrogens with one attached hydrogen (secondary N) is 2. The van der Waals surface area contributed by atoms with Gasteiger partial charge in [0.15, 0.2) is 0 Å². The Morgan fingerprint density at radius 3 is 1.14 bits per heavy atom. The summed E-state index contributed by atoms with van der Waals surface area (Å²) in [6, 6.07) is 0. The molecule has 6 nitrogen and oxygen atoms in total. The van der Waals surface area contributed by atoms with E-state index in [0.717, 1.165) is 0 Å². The van der Waals surface area contributed by atoms with E-state index in [1.165, 1.54) is 98.0 Å². The second-order valence-corrected chi connectivity index (χ2v) is 6.82. The zero-order chi connectivity index (χ0) is 14.6. The van der Waals surface area contributed by atoms with Gasteiger partial charge in [0.05, 0.1) is 13.1 Å². The van der Waals surface area contributed by atoms with E-state index in [0.29, 0.717) is 0 Å². The van der Waals surface area contributed by atoms with Gasteiger partial charge >= 0.3 is 0 Å². The van der Waals surface area contributed by atoms with E-state index in [9.17, 15) is 0 Å². The second-order valence-electron chi connectivity index (χ2n) is 6.82. The number of hydrogen-bond donors (Lipinski definition) is 6. The molecule has 0 aliphatic carbocycles. The number of quaternary nitrogens is 6. The first-order valence-corrected chi connectivity index (χ1v) is 9.39. The average Bonchev–Trinajstić information content (AvgIpc) is 2.71. The molecule has 0 aromatic carbocycles. The molecule has 0 aromatic rings. The fraction of sp³-hybridized carbons (Fsp3) is 1.00. The Labute approximate surface area is 130 Å². The molecular formula is C15H40N6+6. The summed E-state index contributed by atoms with van der Waals surface area (Å²) in [5, 5.41) is 10.0. The number of nitrogens with two attached hydrogens (primary N) is 4. The molecule has 21 heavy (non-hydrogen) atoms. The summed E-state index contributed by atoms with van der Waals surface area (Å²) in [4.78, 5) is 3.68. The minimum Gasteiger partial charge on any atom is -0.337 e. The molecule has 2 heterocycles. The van der Waals surface area contributed by atoms with Gasteiger partial charge < -0.3 is 31.1 Å². The molecule has 2 aliphatic rings. The number of hydrogen-bond acceptors (Lipinski definition) is 0. The van der Waals surface area contributed by atoms with Crippen LogP contribution in [0.5, 0.6) is 0 Å². The smallest absolute Gasteiger partial charge is 0.127 e. The third-order valence-electron chi connectivity index (χ3n) is 5.02. The number of rotatable bonds is 4. The Kier molecular flexibility index (Phi) is 9.25. The molecule has 0 atom stereocenters. The monoisotopic (exact) mass is 304 g/mol. The highest BCUT2D eigenvalue weighted by Crippen LogP contribution is 1.66. The molecule has 0 saturated carbocycles. The first-order chi connectivity index (χ1) is 10.4. The van der Waals surface area contributed by atoms with Crippen molar-refractivity contribution in [1.29, 1.82) is 0 Å². The van der Waals surface area contributed by atoms with Gasteiger partial charge in [0.25, 0.3) is 0 Å². The van der Waals surface area contributed by atoms with Crippen molar-refractivity contribution in [2.24, 2.45) is 0 Å². The quantitative estimate of drug-likeness (QED) is 0.299. The van der Waals surface area contributed by atoms with Gasteiger partial charge in [-0.05, 0) is 0 Å². The Balaban J connectivity index is 1.61. The summed E-state index contributed by atoms with van der Waals surface area (Å²) in [6.45, 7) is 18.7. The average molecular weight is 305 g/mol. The maximum absolute atomic E-state index is 2.50. The van der Waals surface area contributed by atoms with E-state index in [4.69, 9.17) is 0 Å². The lowest BCUT2D eigenvalue weighted by Gasteiger charge is -2.20. The first kappa shape index (κ1) is 17.1. The summed E-state index contributed by atoms with van der Waals surface area (Å²) in [6.07, 6.45) is 1.41. The van der Waals surface area contributed by atoms with Gasteiger partial charge in [-0.15, -0.1) is 0 Å². The van der Waals surface area contributed by atoms with E-state index in [2.05, 4.69) is 21.3 Å². The van der Waals surface area contributed by atoms with Crippen molar-refractivity contribution in [2.75, 3.05) is 91.6 Å². The summed E-state index contributed by atoms with van der Waals surface area (Å²) >= 11 is 0. The molecule has 2 fully saturated rings. The largest absolute Gasteiger partial charge is 0.337 e. The van der Waals surface area contributed by atoms with Gasteiger partial charge in [-0.1, -0.05) is 0 Å². The molecule has 0 unspecified atom stereocenters. The fourth-order valence-electron chi connectivity index (χ4n) is 3.61. The normalized spacial score (nSPS) is 25.1. The van der Waals surface area contributed by atoms with Crippen LogP contribution in [0.3, 0.4) is 0 Å². The van der Waals surface area contributed by atoms with Gasteiger partial charge in [0.1, 0.15) is 78.5 Å². The van der Waals surface area contributed by atoms with Crippen molar-refractivity contribution >= 4 is 0 Å². The Hall–Kier alpha value is -0.240. The highest BCUT2D eigenvalue weighted by atomic mass is 15.2. The molecule has 6 heteroatoms. The Morgan fingerprint density at radius 1 is 0.476 bits per heavy atom. The maximum Gasteiger partial charge on any atom is 0.127 e. The summed E-state index contributed by atoms with van der Waals surface area (Å²) < 4.78 is 0. The molecule has 0 spiro atoms. The molecule has 10 N–H and O–H groups in total. The van der Waals surface area contributed by atoms with E-state index in [1.54, 1.807) is 0 Å². The highest BCUT2D eigenvalue weighted by Gasteiger charge is 2.16. The molecule has 0 bridgehead atoms. The Bertz CT molecular complexity index is 206. The van der Waals surface area contributed by atoms with E-state index in [-0.39, 0.29) is 0 Å². The van der Waals surface area contributed by atoms with Crippen LogP contribution in [0.1, 0.15) is 6.42 Å². The minimum absolute atomic E-state index is 1.30. The van der Waals surface area contributed by atoms with Crippen molar-refractivity contribution < 1.29 is 31.1 Å². The van der Waals surface area contributed by atoms with Crippen LogP contribution in [0.25, 0.3) is 0 Å². The van der Waals surface area contributed by atoms with Crippen molar-refractivity contribution in [2.45, 2.75) is 6.42 Å². The van der Waals surface area contributed by atoms with Crippen LogP contribution < -0.4 is 31.1 Å². The van der Waals surface area contributed by atoms with E-state index < -0.39 is 0 Å². The van der Waals surface area contributed by atoms with Crippen LogP contribution in [0.2, 0.25) is 0 Å². The zero-order valence-electron chi connectivity index (χ0n) is 13.9. The lowest BCUT2D eigenvalue weighted by atomic mass is 10.3. The standard InChI is InChI=1S/C15H34N6/c1(10-20-12-6-16-2-3-17-7-13-20)11-21-14-8-18-4-5-19-9-15-21/h16-19H,1-15H2/p+6.